The van der Waals surface area contributed by atoms with Gasteiger partial charge in [-0.05, 0) is 40.4 Å². The molecular formula is C15H14BrN3. The standard InChI is InChI=1S/C15H14BrN3/c1-11-4-2-3-5-12(11)6-7-14-18-15(16)13-10-17-8-9-19(13)14/h2-5,8-10H,6-7H2,1H3. The van der Waals surface area contributed by atoms with Gasteiger partial charge in [0.25, 0.3) is 0 Å². The molecule has 2 aromatic heterocycles. The predicted molar refractivity (Wildman–Crippen MR) is 79.3 cm³/mol. The zero-order chi connectivity index (χ0) is 13.2. The predicted octanol–water partition coefficient (Wildman–Crippen LogP) is 3.59. The molecule has 0 spiro atoms. The number of imidazole rings is 1. The largest absolute Gasteiger partial charge is 0.300 e. The lowest BCUT2D eigenvalue weighted by molar-refractivity contribution is 0.845. The summed E-state index contributed by atoms with van der Waals surface area (Å²) in [6.45, 7) is 2.15. The Morgan fingerprint density at radius 3 is 2.89 bits per heavy atom. The summed E-state index contributed by atoms with van der Waals surface area (Å²) in [4.78, 5) is 8.70. The van der Waals surface area contributed by atoms with E-state index in [-0.39, 0.29) is 0 Å². The first kappa shape index (κ1) is 12.4. The number of halogens is 1. The molecule has 96 valence electrons. The summed E-state index contributed by atoms with van der Waals surface area (Å²) in [5.74, 6) is 1.06. The van der Waals surface area contributed by atoms with E-state index < -0.39 is 0 Å². The van der Waals surface area contributed by atoms with Crippen LogP contribution in [-0.2, 0) is 12.8 Å². The lowest BCUT2D eigenvalue weighted by Crippen LogP contribution is -1.99. The fraction of sp³-hybridized carbons (Fsp3) is 0.200. The molecule has 0 aliphatic heterocycles. The summed E-state index contributed by atoms with van der Waals surface area (Å²) in [5.41, 5.74) is 3.73. The van der Waals surface area contributed by atoms with Gasteiger partial charge in [0.15, 0.2) is 0 Å². The van der Waals surface area contributed by atoms with Crippen molar-refractivity contribution in [2.24, 2.45) is 0 Å². The van der Waals surface area contributed by atoms with Gasteiger partial charge in [-0.15, -0.1) is 0 Å². The van der Waals surface area contributed by atoms with Crippen LogP contribution in [0.3, 0.4) is 0 Å². The summed E-state index contributed by atoms with van der Waals surface area (Å²) >= 11 is 3.49. The summed E-state index contributed by atoms with van der Waals surface area (Å²) in [6.07, 6.45) is 7.50. The molecule has 0 radical (unpaired) electrons. The first-order valence-corrected chi connectivity index (χ1v) is 7.06. The molecule has 2 heterocycles. The van der Waals surface area contributed by atoms with Crippen LogP contribution in [0.25, 0.3) is 5.52 Å². The topological polar surface area (TPSA) is 30.2 Å². The van der Waals surface area contributed by atoms with Crippen molar-refractivity contribution in [1.29, 1.82) is 0 Å². The highest BCUT2D eigenvalue weighted by Crippen LogP contribution is 2.19. The molecule has 1 aromatic carbocycles. The van der Waals surface area contributed by atoms with E-state index in [9.17, 15) is 0 Å². The number of fused-ring (bicyclic) bond motifs is 1. The molecule has 0 fully saturated rings. The first-order valence-electron chi connectivity index (χ1n) is 6.26. The van der Waals surface area contributed by atoms with Gasteiger partial charge in [-0.2, -0.15) is 0 Å². The zero-order valence-corrected chi connectivity index (χ0v) is 12.3. The number of rotatable bonds is 3. The van der Waals surface area contributed by atoms with Gasteiger partial charge in [-0.1, -0.05) is 24.3 Å². The molecular weight excluding hydrogens is 302 g/mol. The van der Waals surface area contributed by atoms with Crippen LogP contribution in [0.5, 0.6) is 0 Å². The maximum Gasteiger partial charge on any atom is 0.133 e. The van der Waals surface area contributed by atoms with Crippen molar-refractivity contribution in [3.63, 3.8) is 0 Å². The Labute approximate surface area is 120 Å². The molecule has 3 nitrogen and oxygen atoms in total. The van der Waals surface area contributed by atoms with Gasteiger partial charge < -0.3 is 0 Å². The minimum Gasteiger partial charge on any atom is -0.300 e. The van der Waals surface area contributed by atoms with E-state index in [4.69, 9.17) is 0 Å². The van der Waals surface area contributed by atoms with Crippen molar-refractivity contribution in [3.8, 4) is 0 Å². The fourth-order valence-electron chi connectivity index (χ4n) is 2.28. The lowest BCUT2D eigenvalue weighted by atomic mass is 10.0. The van der Waals surface area contributed by atoms with E-state index in [2.05, 4.69) is 61.5 Å². The summed E-state index contributed by atoms with van der Waals surface area (Å²) in [7, 11) is 0. The summed E-state index contributed by atoms with van der Waals surface area (Å²) < 4.78 is 2.95. The van der Waals surface area contributed by atoms with E-state index in [0.717, 1.165) is 28.8 Å². The second kappa shape index (κ2) is 5.13. The third kappa shape index (κ3) is 2.40. The maximum absolute atomic E-state index is 4.57. The molecule has 0 amide bonds. The Bertz CT molecular complexity index is 718. The van der Waals surface area contributed by atoms with Crippen LogP contribution in [0, 0.1) is 6.92 Å². The quantitative estimate of drug-likeness (QED) is 0.739. The minimum atomic E-state index is 0.861. The molecule has 19 heavy (non-hydrogen) atoms. The van der Waals surface area contributed by atoms with Crippen LogP contribution >= 0.6 is 15.9 Å². The van der Waals surface area contributed by atoms with Gasteiger partial charge in [0.2, 0.25) is 0 Å². The fourth-order valence-corrected chi connectivity index (χ4v) is 2.77. The smallest absolute Gasteiger partial charge is 0.133 e. The Balaban J connectivity index is 1.88. The molecule has 0 saturated carbocycles. The lowest BCUT2D eigenvalue weighted by Gasteiger charge is -2.04. The Morgan fingerprint density at radius 2 is 2.05 bits per heavy atom. The van der Waals surface area contributed by atoms with Crippen molar-refractivity contribution in [2.75, 3.05) is 0 Å². The number of aryl methyl sites for hydroxylation is 3. The van der Waals surface area contributed by atoms with Crippen LogP contribution in [0.1, 0.15) is 17.0 Å². The number of benzene rings is 1. The molecule has 0 unspecified atom stereocenters. The molecule has 3 rings (SSSR count). The highest BCUT2D eigenvalue weighted by atomic mass is 79.9. The number of hydrogen-bond acceptors (Lipinski definition) is 2. The Hall–Kier alpha value is -1.68. The van der Waals surface area contributed by atoms with Crippen LogP contribution in [0.2, 0.25) is 0 Å². The molecule has 0 N–H and O–H groups in total. The first-order chi connectivity index (χ1) is 9.25. The Morgan fingerprint density at radius 1 is 1.21 bits per heavy atom. The molecule has 0 atom stereocenters. The molecule has 0 saturated heterocycles. The average molecular weight is 316 g/mol. The number of nitrogens with zero attached hydrogens (tertiary/aromatic N) is 3. The normalized spacial score (nSPS) is 11.1. The van der Waals surface area contributed by atoms with Crippen molar-refractivity contribution in [1.82, 2.24) is 14.4 Å². The van der Waals surface area contributed by atoms with E-state index in [1.807, 2.05) is 12.4 Å². The van der Waals surface area contributed by atoms with Crippen LogP contribution in [0.15, 0.2) is 47.5 Å². The third-order valence-electron chi connectivity index (χ3n) is 3.35. The van der Waals surface area contributed by atoms with Gasteiger partial charge in [0, 0.05) is 18.8 Å². The van der Waals surface area contributed by atoms with Gasteiger partial charge in [0.05, 0.1) is 11.7 Å². The second-order valence-electron chi connectivity index (χ2n) is 4.58. The minimum absolute atomic E-state index is 0.861. The van der Waals surface area contributed by atoms with E-state index in [0.29, 0.717) is 0 Å². The highest BCUT2D eigenvalue weighted by molar-refractivity contribution is 9.10. The zero-order valence-electron chi connectivity index (χ0n) is 10.7. The van der Waals surface area contributed by atoms with Gasteiger partial charge in [-0.3, -0.25) is 9.38 Å². The van der Waals surface area contributed by atoms with Gasteiger partial charge in [0.1, 0.15) is 10.4 Å². The third-order valence-corrected chi connectivity index (χ3v) is 3.94. The highest BCUT2D eigenvalue weighted by Gasteiger charge is 2.09. The maximum atomic E-state index is 4.57. The molecule has 3 aromatic rings. The van der Waals surface area contributed by atoms with Crippen molar-refractivity contribution >= 4 is 21.4 Å². The Kier molecular flexibility index (Phi) is 3.34. The summed E-state index contributed by atoms with van der Waals surface area (Å²) in [6, 6.07) is 8.50. The SMILES string of the molecule is Cc1ccccc1CCc1nc(Br)c2cnccn12. The second-order valence-corrected chi connectivity index (χ2v) is 5.33. The van der Waals surface area contributed by atoms with E-state index in [1.54, 1.807) is 6.20 Å². The van der Waals surface area contributed by atoms with Crippen LogP contribution < -0.4 is 0 Å². The van der Waals surface area contributed by atoms with E-state index >= 15 is 0 Å². The van der Waals surface area contributed by atoms with E-state index in [1.165, 1.54) is 11.1 Å². The monoisotopic (exact) mass is 315 g/mol. The van der Waals surface area contributed by atoms with Gasteiger partial charge in [-0.25, -0.2) is 4.98 Å². The molecule has 0 aliphatic rings. The van der Waals surface area contributed by atoms with Crippen LogP contribution in [-0.4, -0.2) is 14.4 Å². The molecule has 0 bridgehead atoms. The molecule has 4 heteroatoms. The van der Waals surface area contributed by atoms with Crippen molar-refractivity contribution in [3.05, 3.63) is 64.4 Å². The average Bonchev–Trinajstić information content (AvgIpc) is 2.75. The van der Waals surface area contributed by atoms with Crippen molar-refractivity contribution < 1.29 is 0 Å². The van der Waals surface area contributed by atoms with Gasteiger partial charge >= 0.3 is 0 Å². The van der Waals surface area contributed by atoms with Crippen LogP contribution in [0.4, 0.5) is 0 Å². The number of hydrogen-bond donors (Lipinski definition) is 0. The number of aromatic nitrogens is 3. The van der Waals surface area contributed by atoms with Crippen molar-refractivity contribution in [2.45, 2.75) is 19.8 Å². The summed E-state index contributed by atoms with van der Waals surface area (Å²) in [5, 5.41) is 0. The molecule has 0 aliphatic carbocycles.